The first-order valence-corrected chi connectivity index (χ1v) is 6.90. The number of carbonyl (C=O) groups is 1. The second-order valence-electron chi connectivity index (χ2n) is 4.92. The van der Waals surface area contributed by atoms with Gasteiger partial charge in [0.2, 0.25) is 5.91 Å². The van der Waals surface area contributed by atoms with Crippen LogP contribution in [-0.2, 0) is 17.8 Å². The molecule has 0 aromatic heterocycles. The van der Waals surface area contributed by atoms with Gasteiger partial charge in [-0.25, -0.2) is 0 Å². The molecule has 4 heteroatoms. The zero-order chi connectivity index (χ0) is 13.7. The molecule has 19 heavy (non-hydrogen) atoms. The first-order chi connectivity index (χ1) is 9.20. The highest BCUT2D eigenvalue weighted by Gasteiger charge is 2.13. The Morgan fingerprint density at radius 3 is 3.11 bits per heavy atom. The Kier molecular flexibility index (Phi) is 4.80. The van der Waals surface area contributed by atoms with Crippen LogP contribution in [0.2, 0.25) is 0 Å². The van der Waals surface area contributed by atoms with Crippen molar-refractivity contribution in [2.45, 2.75) is 26.3 Å². The van der Waals surface area contributed by atoms with Crippen molar-refractivity contribution >= 4 is 5.91 Å². The van der Waals surface area contributed by atoms with Crippen molar-refractivity contribution in [3.63, 3.8) is 0 Å². The first-order valence-electron chi connectivity index (χ1n) is 6.90. The van der Waals surface area contributed by atoms with Crippen molar-refractivity contribution in [1.29, 1.82) is 0 Å². The summed E-state index contributed by atoms with van der Waals surface area (Å²) >= 11 is 0. The summed E-state index contributed by atoms with van der Waals surface area (Å²) in [6.07, 6.45) is 2.14. The maximum absolute atomic E-state index is 11.8. The van der Waals surface area contributed by atoms with Gasteiger partial charge >= 0.3 is 0 Å². The summed E-state index contributed by atoms with van der Waals surface area (Å²) in [5.41, 5.74) is 2.42. The molecule has 1 aromatic rings. The van der Waals surface area contributed by atoms with E-state index in [1.165, 1.54) is 5.56 Å². The van der Waals surface area contributed by atoms with E-state index < -0.39 is 0 Å². The Morgan fingerprint density at radius 1 is 1.47 bits per heavy atom. The first kappa shape index (κ1) is 13.9. The average molecular weight is 262 g/mol. The predicted octanol–water partition coefficient (Wildman–Crippen LogP) is 1.58. The van der Waals surface area contributed by atoms with Gasteiger partial charge in [-0.2, -0.15) is 0 Å². The van der Waals surface area contributed by atoms with Crippen LogP contribution in [0.4, 0.5) is 0 Å². The van der Waals surface area contributed by atoms with E-state index in [9.17, 15) is 4.79 Å². The number of amides is 1. The molecule has 0 fully saturated rings. The highest BCUT2D eigenvalue weighted by molar-refractivity contribution is 5.77. The Bertz CT molecular complexity index is 446. The molecule has 0 saturated carbocycles. The van der Waals surface area contributed by atoms with Crippen LogP contribution in [0.3, 0.4) is 0 Å². The van der Waals surface area contributed by atoms with Crippen LogP contribution in [0.1, 0.15) is 24.5 Å². The highest BCUT2D eigenvalue weighted by atomic mass is 16.5. The van der Waals surface area contributed by atoms with E-state index in [2.05, 4.69) is 11.4 Å². The summed E-state index contributed by atoms with van der Waals surface area (Å²) in [5.74, 6) is 1.12. The molecule has 0 saturated heterocycles. The second-order valence-corrected chi connectivity index (χ2v) is 4.92. The lowest BCUT2D eigenvalue weighted by Crippen LogP contribution is -2.35. The zero-order valence-corrected chi connectivity index (χ0v) is 11.7. The van der Waals surface area contributed by atoms with Gasteiger partial charge in [-0.3, -0.25) is 4.79 Å². The van der Waals surface area contributed by atoms with Gasteiger partial charge in [0.1, 0.15) is 5.75 Å². The average Bonchev–Trinajstić information content (AvgIpc) is 2.44. The summed E-state index contributed by atoms with van der Waals surface area (Å²) in [4.78, 5) is 13.6. The Balaban J connectivity index is 1.97. The van der Waals surface area contributed by atoms with Crippen LogP contribution < -0.4 is 10.1 Å². The zero-order valence-electron chi connectivity index (χ0n) is 11.7. The van der Waals surface area contributed by atoms with Crippen LogP contribution >= 0.6 is 0 Å². The lowest BCUT2D eigenvalue weighted by molar-refractivity contribution is -0.129. The van der Waals surface area contributed by atoms with Crippen LogP contribution in [0, 0.1) is 0 Å². The summed E-state index contributed by atoms with van der Waals surface area (Å²) in [7, 11) is 1.84. The number of benzene rings is 1. The quantitative estimate of drug-likeness (QED) is 0.876. The molecular weight excluding hydrogens is 240 g/mol. The second kappa shape index (κ2) is 6.57. The Hall–Kier alpha value is -1.55. The van der Waals surface area contributed by atoms with Gasteiger partial charge in [0.15, 0.2) is 0 Å². The van der Waals surface area contributed by atoms with E-state index in [1.54, 1.807) is 4.90 Å². The number of hydrogen-bond donors (Lipinski definition) is 1. The normalized spacial score (nSPS) is 13.6. The number of rotatable bonds is 5. The van der Waals surface area contributed by atoms with E-state index in [-0.39, 0.29) is 5.91 Å². The lowest BCUT2D eigenvalue weighted by atomic mass is 10.0. The molecule has 1 aliphatic rings. The predicted molar refractivity (Wildman–Crippen MR) is 75.3 cm³/mol. The van der Waals surface area contributed by atoms with Crippen LogP contribution in [0.5, 0.6) is 5.75 Å². The number of likely N-dealkylation sites (N-methyl/N-ethyl adjacent to an activating group) is 2. The summed E-state index contributed by atoms with van der Waals surface area (Å²) < 4.78 is 5.59. The lowest BCUT2D eigenvalue weighted by Gasteiger charge is -2.21. The third-order valence-electron chi connectivity index (χ3n) is 3.34. The Morgan fingerprint density at radius 2 is 2.32 bits per heavy atom. The van der Waals surface area contributed by atoms with E-state index >= 15 is 0 Å². The molecule has 0 bridgehead atoms. The van der Waals surface area contributed by atoms with Crippen molar-refractivity contribution in [3.8, 4) is 5.75 Å². The molecule has 2 rings (SSSR count). The molecular formula is C15H22N2O2. The molecule has 1 amide bonds. The van der Waals surface area contributed by atoms with Crippen molar-refractivity contribution in [2.75, 3.05) is 26.7 Å². The minimum Gasteiger partial charge on any atom is -0.493 e. The van der Waals surface area contributed by atoms with Crippen molar-refractivity contribution < 1.29 is 9.53 Å². The molecule has 0 aliphatic carbocycles. The van der Waals surface area contributed by atoms with Gasteiger partial charge in [-0.15, -0.1) is 0 Å². The van der Waals surface area contributed by atoms with E-state index in [0.29, 0.717) is 13.1 Å². The SMILES string of the molecule is CCNCC(=O)N(C)Cc1ccc2c(c1)CCCO2. The third-order valence-corrected chi connectivity index (χ3v) is 3.34. The van der Waals surface area contributed by atoms with Gasteiger partial charge in [0.05, 0.1) is 13.2 Å². The van der Waals surface area contributed by atoms with E-state index in [4.69, 9.17) is 4.74 Å². The minimum atomic E-state index is 0.121. The molecule has 1 heterocycles. The summed E-state index contributed by atoms with van der Waals surface area (Å²) in [5, 5.41) is 3.05. The number of carbonyl (C=O) groups excluding carboxylic acids is 1. The molecule has 1 aliphatic heterocycles. The molecule has 104 valence electrons. The van der Waals surface area contributed by atoms with Gasteiger partial charge in [-0.1, -0.05) is 19.1 Å². The van der Waals surface area contributed by atoms with Gasteiger partial charge in [-0.05, 0) is 36.6 Å². The monoisotopic (exact) mass is 262 g/mol. The smallest absolute Gasteiger partial charge is 0.236 e. The highest BCUT2D eigenvalue weighted by Crippen LogP contribution is 2.25. The largest absolute Gasteiger partial charge is 0.493 e. The summed E-state index contributed by atoms with van der Waals surface area (Å²) in [6.45, 7) is 4.68. The molecule has 1 aromatic carbocycles. The number of nitrogens with one attached hydrogen (secondary N) is 1. The fraction of sp³-hybridized carbons (Fsp3) is 0.533. The summed E-state index contributed by atoms with van der Waals surface area (Å²) in [6, 6.07) is 6.22. The van der Waals surface area contributed by atoms with E-state index in [0.717, 1.165) is 37.3 Å². The minimum absolute atomic E-state index is 0.121. The standard InChI is InChI=1S/C15H22N2O2/c1-3-16-10-15(18)17(2)11-12-6-7-14-13(9-12)5-4-8-19-14/h6-7,9,16H,3-5,8,10-11H2,1-2H3. The van der Waals surface area contributed by atoms with Crippen LogP contribution in [0.25, 0.3) is 0 Å². The molecule has 4 nitrogen and oxygen atoms in total. The molecule has 0 unspecified atom stereocenters. The Labute approximate surface area is 114 Å². The molecule has 0 spiro atoms. The number of ether oxygens (including phenoxy) is 1. The number of fused-ring (bicyclic) bond motifs is 1. The topological polar surface area (TPSA) is 41.6 Å². The van der Waals surface area contributed by atoms with Crippen molar-refractivity contribution in [3.05, 3.63) is 29.3 Å². The van der Waals surface area contributed by atoms with Gasteiger partial charge in [0, 0.05) is 13.6 Å². The molecule has 0 radical (unpaired) electrons. The fourth-order valence-corrected chi connectivity index (χ4v) is 2.24. The van der Waals surface area contributed by atoms with Crippen LogP contribution in [0.15, 0.2) is 18.2 Å². The van der Waals surface area contributed by atoms with Crippen molar-refractivity contribution in [1.82, 2.24) is 10.2 Å². The van der Waals surface area contributed by atoms with Gasteiger partial charge < -0.3 is 15.0 Å². The van der Waals surface area contributed by atoms with Crippen LogP contribution in [-0.4, -0.2) is 37.6 Å². The number of hydrogen-bond acceptors (Lipinski definition) is 3. The fourth-order valence-electron chi connectivity index (χ4n) is 2.24. The third kappa shape index (κ3) is 3.70. The maximum atomic E-state index is 11.8. The van der Waals surface area contributed by atoms with E-state index in [1.807, 2.05) is 26.1 Å². The van der Waals surface area contributed by atoms with Crippen molar-refractivity contribution in [2.24, 2.45) is 0 Å². The number of aryl methyl sites for hydroxylation is 1. The maximum Gasteiger partial charge on any atom is 0.236 e. The molecule has 1 N–H and O–H groups in total. The number of nitrogens with zero attached hydrogens (tertiary/aromatic N) is 1. The van der Waals surface area contributed by atoms with Gasteiger partial charge in [0.25, 0.3) is 0 Å². The molecule has 0 atom stereocenters.